The first kappa shape index (κ1) is 22.7. The predicted molar refractivity (Wildman–Crippen MR) is 127 cm³/mol. The Kier molecular flexibility index (Phi) is 7.06. The molecule has 1 saturated heterocycles. The van der Waals surface area contributed by atoms with Gasteiger partial charge in [-0.3, -0.25) is 14.5 Å². The van der Waals surface area contributed by atoms with Gasteiger partial charge in [-0.05, 0) is 56.1 Å². The molecule has 0 aliphatic carbocycles. The number of fused-ring (bicyclic) bond motifs is 1. The Morgan fingerprint density at radius 1 is 1.12 bits per heavy atom. The summed E-state index contributed by atoms with van der Waals surface area (Å²) in [5.74, 6) is -0.0618. The van der Waals surface area contributed by atoms with Crippen LogP contribution < -0.4 is 9.64 Å². The monoisotopic (exact) mass is 454 g/mol. The molecule has 170 valence electrons. The molecule has 7 heteroatoms. The average Bonchev–Trinajstić information content (AvgIpc) is 2.96. The Hall–Kier alpha value is -2.51. The number of rotatable bonds is 6. The first-order chi connectivity index (χ1) is 15.5. The van der Waals surface area contributed by atoms with Gasteiger partial charge in [0.05, 0.1) is 12.0 Å². The largest absolute Gasteiger partial charge is 0.485 e. The molecule has 0 saturated carbocycles. The van der Waals surface area contributed by atoms with E-state index in [1.807, 2.05) is 31.2 Å². The molecule has 0 aromatic heterocycles. The number of hydrogen-bond acceptors (Lipinski definition) is 7. The SMILES string of the molecule is COC(=O)C1(CCCN2CCN(c3ccccc3)CC2)Sc2cc(C)ccc2OCC1=O. The Bertz CT molecular complexity index is 960. The maximum atomic E-state index is 13.1. The summed E-state index contributed by atoms with van der Waals surface area (Å²) in [5, 5.41) is 0. The number of nitrogens with zero attached hydrogens (tertiary/aromatic N) is 2. The smallest absolute Gasteiger partial charge is 0.330 e. The van der Waals surface area contributed by atoms with Crippen molar-refractivity contribution >= 4 is 29.2 Å². The third-order valence-electron chi connectivity index (χ3n) is 6.20. The Labute approximate surface area is 193 Å². The zero-order valence-corrected chi connectivity index (χ0v) is 19.5. The Morgan fingerprint density at radius 2 is 1.88 bits per heavy atom. The molecule has 32 heavy (non-hydrogen) atoms. The minimum atomic E-state index is -1.26. The minimum absolute atomic E-state index is 0.117. The fourth-order valence-corrected chi connectivity index (χ4v) is 5.79. The van der Waals surface area contributed by atoms with Gasteiger partial charge >= 0.3 is 5.97 Å². The second-order valence-electron chi connectivity index (χ2n) is 8.35. The number of aryl methyl sites for hydroxylation is 1. The first-order valence-electron chi connectivity index (χ1n) is 11.1. The normalized spacial score (nSPS) is 21.4. The maximum absolute atomic E-state index is 13.1. The molecule has 0 bridgehead atoms. The molecule has 0 radical (unpaired) electrons. The number of hydrogen-bond donors (Lipinski definition) is 0. The first-order valence-corrected chi connectivity index (χ1v) is 11.9. The van der Waals surface area contributed by atoms with Crippen LogP contribution in [-0.4, -0.2) is 67.8 Å². The highest BCUT2D eigenvalue weighted by Crippen LogP contribution is 2.45. The molecular formula is C25H30N2O4S. The fraction of sp³-hybridized carbons (Fsp3) is 0.440. The summed E-state index contributed by atoms with van der Waals surface area (Å²) in [6.07, 6.45) is 1.17. The quantitative estimate of drug-likeness (QED) is 0.489. The second-order valence-corrected chi connectivity index (χ2v) is 9.69. The fourth-order valence-electron chi connectivity index (χ4n) is 4.35. The highest BCUT2D eigenvalue weighted by Gasteiger charge is 2.49. The van der Waals surface area contributed by atoms with Crippen LogP contribution in [0.1, 0.15) is 18.4 Å². The molecule has 2 aromatic rings. The summed E-state index contributed by atoms with van der Waals surface area (Å²) in [6, 6.07) is 16.2. The van der Waals surface area contributed by atoms with Gasteiger partial charge in [-0.25, -0.2) is 0 Å². The van der Waals surface area contributed by atoms with Crippen LogP contribution in [0.4, 0.5) is 5.69 Å². The van der Waals surface area contributed by atoms with Crippen LogP contribution in [0.25, 0.3) is 0 Å². The lowest BCUT2D eigenvalue weighted by Crippen LogP contribution is -2.48. The third kappa shape index (κ3) is 4.79. The molecule has 2 aliphatic rings. The van der Waals surface area contributed by atoms with Gasteiger partial charge in [-0.1, -0.05) is 36.0 Å². The third-order valence-corrected chi connectivity index (χ3v) is 7.69. The number of ether oxygens (including phenoxy) is 2. The van der Waals surface area contributed by atoms with E-state index in [1.54, 1.807) is 0 Å². The molecule has 1 fully saturated rings. The van der Waals surface area contributed by atoms with E-state index in [0.29, 0.717) is 12.2 Å². The molecule has 1 atom stereocenters. The van der Waals surface area contributed by atoms with Crippen molar-refractivity contribution in [3.05, 3.63) is 54.1 Å². The maximum Gasteiger partial charge on any atom is 0.330 e. The van der Waals surface area contributed by atoms with E-state index < -0.39 is 10.7 Å². The standard InChI is InChI=1S/C25H30N2O4S/c1-19-9-10-21-22(17-19)32-25(24(29)30-2,23(28)18-31-21)11-6-12-26-13-15-27(16-14-26)20-7-4-3-5-8-20/h3-5,7-10,17H,6,11-16,18H2,1-2H3. The number of carbonyl (C=O) groups is 2. The predicted octanol–water partition coefficient (Wildman–Crippen LogP) is 3.56. The van der Waals surface area contributed by atoms with Crippen LogP contribution in [0.2, 0.25) is 0 Å². The van der Waals surface area contributed by atoms with Crippen LogP contribution in [0.5, 0.6) is 5.75 Å². The molecule has 4 rings (SSSR count). The molecular weight excluding hydrogens is 424 g/mol. The van der Waals surface area contributed by atoms with Crippen LogP contribution in [0, 0.1) is 6.92 Å². The lowest BCUT2D eigenvalue weighted by atomic mass is 9.97. The van der Waals surface area contributed by atoms with Crippen LogP contribution in [0.15, 0.2) is 53.4 Å². The average molecular weight is 455 g/mol. The van der Waals surface area contributed by atoms with Crippen LogP contribution >= 0.6 is 11.8 Å². The van der Waals surface area contributed by atoms with E-state index >= 15 is 0 Å². The molecule has 2 aliphatic heterocycles. The van der Waals surface area contributed by atoms with Gasteiger partial charge < -0.3 is 14.4 Å². The van der Waals surface area contributed by atoms with Crippen molar-refractivity contribution in [3.8, 4) is 5.75 Å². The van der Waals surface area contributed by atoms with E-state index in [9.17, 15) is 9.59 Å². The zero-order chi connectivity index (χ0) is 22.6. The molecule has 6 nitrogen and oxygen atoms in total. The summed E-state index contributed by atoms with van der Waals surface area (Å²) in [4.78, 5) is 31.6. The lowest BCUT2D eigenvalue weighted by molar-refractivity contribution is -0.147. The number of ketones is 1. The number of para-hydroxylation sites is 1. The molecule has 2 heterocycles. The number of benzene rings is 2. The number of piperazine rings is 1. The summed E-state index contributed by atoms with van der Waals surface area (Å²) < 4.78 is 9.57. The molecule has 1 unspecified atom stereocenters. The molecule has 0 N–H and O–H groups in total. The van der Waals surface area contributed by atoms with Crippen LogP contribution in [-0.2, 0) is 14.3 Å². The highest BCUT2D eigenvalue weighted by molar-refractivity contribution is 8.02. The van der Waals surface area contributed by atoms with E-state index in [0.717, 1.165) is 49.6 Å². The summed E-state index contributed by atoms with van der Waals surface area (Å²) in [5.41, 5.74) is 2.32. The van der Waals surface area contributed by atoms with Gasteiger partial charge in [0.25, 0.3) is 0 Å². The van der Waals surface area contributed by atoms with Gasteiger partial charge in [0.2, 0.25) is 0 Å². The lowest BCUT2D eigenvalue weighted by Gasteiger charge is -2.36. The van der Waals surface area contributed by atoms with Crippen LogP contribution in [0.3, 0.4) is 0 Å². The van der Waals surface area contributed by atoms with Gasteiger partial charge in [-0.2, -0.15) is 0 Å². The Balaban J connectivity index is 1.40. The van der Waals surface area contributed by atoms with Gasteiger partial charge in [0.15, 0.2) is 10.5 Å². The highest BCUT2D eigenvalue weighted by atomic mass is 32.2. The van der Waals surface area contributed by atoms with Gasteiger partial charge in [0.1, 0.15) is 12.4 Å². The molecule has 0 spiro atoms. The van der Waals surface area contributed by atoms with Crippen molar-refractivity contribution in [2.45, 2.75) is 29.4 Å². The van der Waals surface area contributed by atoms with E-state index in [4.69, 9.17) is 9.47 Å². The number of anilines is 1. The van der Waals surface area contributed by atoms with Crippen molar-refractivity contribution in [2.75, 3.05) is 51.3 Å². The van der Waals surface area contributed by atoms with Crippen molar-refractivity contribution in [1.82, 2.24) is 4.90 Å². The van der Waals surface area contributed by atoms with E-state index in [2.05, 4.69) is 34.1 Å². The van der Waals surface area contributed by atoms with E-state index in [-0.39, 0.29) is 12.4 Å². The van der Waals surface area contributed by atoms with Crippen molar-refractivity contribution in [1.29, 1.82) is 0 Å². The molecule has 0 amide bonds. The van der Waals surface area contributed by atoms with Crippen molar-refractivity contribution in [2.24, 2.45) is 0 Å². The number of Topliss-reactive ketones (excluding diaryl/α,β-unsaturated/α-hetero) is 1. The summed E-state index contributed by atoms with van der Waals surface area (Å²) in [6.45, 7) is 6.59. The minimum Gasteiger partial charge on any atom is -0.485 e. The van der Waals surface area contributed by atoms with Crippen molar-refractivity contribution in [3.63, 3.8) is 0 Å². The second kappa shape index (κ2) is 9.96. The zero-order valence-electron chi connectivity index (χ0n) is 18.7. The van der Waals surface area contributed by atoms with E-state index in [1.165, 1.54) is 24.6 Å². The van der Waals surface area contributed by atoms with Gasteiger partial charge in [0, 0.05) is 31.9 Å². The van der Waals surface area contributed by atoms with Crippen molar-refractivity contribution < 1.29 is 19.1 Å². The summed E-state index contributed by atoms with van der Waals surface area (Å²) >= 11 is 1.29. The number of esters is 1. The summed E-state index contributed by atoms with van der Waals surface area (Å²) in [7, 11) is 1.35. The topological polar surface area (TPSA) is 59.1 Å². The molecule has 2 aromatic carbocycles. The number of thioether (sulfide) groups is 1. The van der Waals surface area contributed by atoms with Gasteiger partial charge in [-0.15, -0.1) is 0 Å². The number of methoxy groups -OCH3 is 1. The number of carbonyl (C=O) groups excluding carboxylic acids is 2. The Morgan fingerprint density at radius 3 is 2.59 bits per heavy atom.